The zero-order valence-electron chi connectivity index (χ0n) is 7.66. The molecule has 0 fully saturated rings. The Hall–Kier alpha value is -0.770. The molecule has 0 saturated carbocycles. The summed E-state index contributed by atoms with van der Waals surface area (Å²) in [6.07, 6.45) is -0.552. The van der Waals surface area contributed by atoms with E-state index in [0.717, 1.165) is 4.48 Å². The van der Waals surface area contributed by atoms with E-state index in [0.29, 0.717) is 0 Å². The third kappa shape index (κ3) is 46.2. The van der Waals surface area contributed by atoms with E-state index in [9.17, 15) is 0 Å². The molecular formula is C7H18NO3+. The van der Waals surface area contributed by atoms with Gasteiger partial charge in [0.05, 0.1) is 27.7 Å². The average molecular weight is 164 g/mol. The van der Waals surface area contributed by atoms with Crippen molar-refractivity contribution < 1.29 is 19.5 Å². The number of hydrogen-bond donors (Lipinski definition) is 2. The number of nitrogens with zero attached hydrogens (tertiary/aromatic N) is 1. The Balaban J connectivity index is 0. The van der Waals surface area contributed by atoms with Crippen LogP contribution in [0.1, 0.15) is 13.3 Å². The lowest BCUT2D eigenvalue weighted by atomic mass is 10.4. The Kier molecular flexibility index (Phi) is 6.99. The molecule has 4 nitrogen and oxygen atoms in total. The number of rotatable bonds is 2. The zero-order chi connectivity index (χ0) is 9.49. The quantitative estimate of drug-likeness (QED) is 0.605. The van der Waals surface area contributed by atoms with Crippen LogP contribution in [-0.4, -0.2) is 48.5 Å². The molecule has 0 heterocycles. The second kappa shape index (κ2) is 5.97. The van der Waals surface area contributed by atoms with Gasteiger partial charge in [0, 0.05) is 0 Å². The first-order valence-corrected chi connectivity index (χ1v) is 3.52. The lowest BCUT2D eigenvalue weighted by Crippen LogP contribution is -2.34. The van der Waals surface area contributed by atoms with E-state index in [2.05, 4.69) is 28.1 Å². The third-order valence-corrected chi connectivity index (χ3v) is 0.894. The predicted molar refractivity (Wildman–Crippen MR) is 43.8 cm³/mol. The molecule has 11 heavy (non-hydrogen) atoms. The van der Waals surface area contributed by atoms with E-state index in [-0.39, 0.29) is 0 Å². The Labute approximate surface area is 67.7 Å². The van der Waals surface area contributed by atoms with Crippen molar-refractivity contribution in [3.63, 3.8) is 0 Å². The SMILES string of the molecule is CCC[N+](C)(C)C.O=C(O)O. The summed E-state index contributed by atoms with van der Waals surface area (Å²) in [7, 11) is 6.64. The van der Waals surface area contributed by atoms with Crippen molar-refractivity contribution in [2.24, 2.45) is 0 Å². The summed E-state index contributed by atoms with van der Waals surface area (Å²) in [4.78, 5) is 8.56. The van der Waals surface area contributed by atoms with Crippen molar-refractivity contribution in [3.8, 4) is 0 Å². The first-order chi connectivity index (χ1) is 4.79. The summed E-state index contributed by atoms with van der Waals surface area (Å²) in [5.74, 6) is 0. The van der Waals surface area contributed by atoms with Crippen LogP contribution in [0.2, 0.25) is 0 Å². The summed E-state index contributed by atoms with van der Waals surface area (Å²) in [6.45, 7) is 3.49. The minimum absolute atomic E-state index is 1.09. The van der Waals surface area contributed by atoms with Gasteiger partial charge < -0.3 is 14.7 Å². The fourth-order valence-electron chi connectivity index (χ4n) is 0.671. The molecule has 0 rings (SSSR count). The van der Waals surface area contributed by atoms with E-state index in [1.54, 1.807) is 0 Å². The Bertz CT molecular complexity index is 103. The highest BCUT2D eigenvalue weighted by Crippen LogP contribution is 1.90. The highest BCUT2D eigenvalue weighted by molar-refractivity contribution is 5.53. The molecule has 0 aliphatic rings. The van der Waals surface area contributed by atoms with E-state index in [1.807, 2.05) is 0 Å². The van der Waals surface area contributed by atoms with E-state index < -0.39 is 6.16 Å². The molecule has 0 aromatic carbocycles. The van der Waals surface area contributed by atoms with Crippen molar-refractivity contribution >= 4 is 6.16 Å². The molecule has 0 amide bonds. The van der Waals surface area contributed by atoms with Gasteiger partial charge in [-0.1, -0.05) is 6.92 Å². The molecule has 0 unspecified atom stereocenters. The second-order valence-corrected chi connectivity index (χ2v) is 3.30. The van der Waals surface area contributed by atoms with Gasteiger partial charge in [0.25, 0.3) is 0 Å². The van der Waals surface area contributed by atoms with Gasteiger partial charge in [-0.05, 0) is 6.42 Å². The fourth-order valence-corrected chi connectivity index (χ4v) is 0.671. The Morgan fingerprint density at radius 3 is 1.55 bits per heavy atom. The highest BCUT2D eigenvalue weighted by Gasteiger charge is 2.01. The maximum atomic E-state index is 8.56. The first kappa shape index (κ1) is 12.9. The molecule has 0 aromatic heterocycles. The van der Waals surface area contributed by atoms with Crippen molar-refractivity contribution in [2.45, 2.75) is 13.3 Å². The minimum Gasteiger partial charge on any atom is -0.450 e. The predicted octanol–water partition coefficient (Wildman–Crippen LogP) is 1.32. The smallest absolute Gasteiger partial charge is 0.450 e. The van der Waals surface area contributed by atoms with Gasteiger partial charge >= 0.3 is 6.16 Å². The van der Waals surface area contributed by atoms with Crippen LogP contribution in [0.5, 0.6) is 0 Å². The van der Waals surface area contributed by atoms with Crippen LogP contribution in [0.15, 0.2) is 0 Å². The molecule has 4 heteroatoms. The molecular weight excluding hydrogens is 146 g/mol. The van der Waals surface area contributed by atoms with Crippen LogP contribution in [0.4, 0.5) is 4.79 Å². The zero-order valence-corrected chi connectivity index (χ0v) is 7.66. The van der Waals surface area contributed by atoms with Crippen LogP contribution in [-0.2, 0) is 0 Å². The van der Waals surface area contributed by atoms with Crippen LogP contribution in [0, 0.1) is 0 Å². The third-order valence-electron chi connectivity index (χ3n) is 0.894. The van der Waals surface area contributed by atoms with Crippen LogP contribution in [0.25, 0.3) is 0 Å². The summed E-state index contributed by atoms with van der Waals surface area (Å²) < 4.78 is 1.09. The summed E-state index contributed by atoms with van der Waals surface area (Å²) >= 11 is 0. The molecule has 68 valence electrons. The van der Waals surface area contributed by atoms with E-state index in [4.69, 9.17) is 15.0 Å². The lowest BCUT2D eigenvalue weighted by molar-refractivity contribution is -0.870. The molecule has 0 spiro atoms. The molecule has 2 N–H and O–H groups in total. The monoisotopic (exact) mass is 164 g/mol. The van der Waals surface area contributed by atoms with Gasteiger partial charge in [-0.25, -0.2) is 4.79 Å². The van der Waals surface area contributed by atoms with Gasteiger partial charge in [0.2, 0.25) is 0 Å². The molecule has 0 aromatic rings. The Morgan fingerprint density at radius 2 is 1.55 bits per heavy atom. The summed E-state index contributed by atoms with van der Waals surface area (Å²) in [6, 6.07) is 0. The fraction of sp³-hybridized carbons (Fsp3) is 0.857. The van der Waals surface area contributed by atoms with Crippen molar-refractivity contribution in [2.75, 3.05) is 27.7 Å². The van der Waals surface area contributed by atoms with Crippen molar-refractivity contribution in [1.82, 2.24) is 0 Å². The average Bonchev–Trinajstić information content (AvgIpc) is 1.58. The van der Waals surface area contributed by atoms with Gasteiger partial charge in [0.1, 0.15) is 0 Å². The molecule has 0 bridgehead atoms. The van der Waals surface area contributed by atoms with Gasteiger partial charge in [-0.2, -0.15) is 0 Å². The first-order valence-electron chi connectivity index (χ1n) is 3.52. The van der Waals surface area contributed by atoms with Crippen LogP contribution >= 0.6 is 0 Å². The number of carboxylic acid groups (broad SMARTS) is 2. The van der Waals surface area contributed by atoms with Crippen LogP contribution in [0.3, 0.4) is 0 Å². The molecule has 0 saturated heterocycles. The lowest BCUT2D eigenvalue weighted by Gasteiger charge is -2.22. The summed E-state index contributed by atoms with van der Waals surface area (Å²) in [5, 5.41) is 13.9. The maximum Gasteiger partial charge on any atom is 0.503 e. The molecule has 0 atom stereocenters. The van der Waals surface area contributed by atoms with Gasteiger partial charge in [0.15, 0.2) is 0 Å². The number of quaternary nitrogens is 1. The normalized spacial score (nSPS) is 9.82. The largest absolute Gasteiger partial charge is 0.503 e. The highest BCUT2D eigenvalue weighted by atomic mass is 16.6. The topological polar surface area (TPSA) is 57.5 Å². The molecule has 0 aliphatic heterocycles. The van der Waals surface area contributed by atoms with Crippen molar-refractivity contribution in [3.05, 3.63) is 0 Å². The van der Waals surface area contributed by atoms with E-state index >= 15 is 0 Å². The molecule has 0 aliphatic carbocycles. The van der Waals surface area contributed by atoms with Crippen molar-refractivity contribution in [1.29, 1.82) is 0 Å². The van der Waals surface area contributed by atoms with Gasteiger partial charge in [-0.15, -0.1) is 0 Å². The number of hydrogen-bond acceptors (Lipinski definition) is 1. The number of carbonyl (C=O) groups is 1. The minimum atomic E-state index is -1.83. The van der Waals surface area contributed by atoms with E-state index in [1.165, 1.54) is 13.0 Å². The molecule has 0 radical (unpaired) electrons. The summed E-state index contributed by atoms with van der Waals surface area (Å²) in [5.41, 5.74) is 0. The Morgan fingerprint density at radius 1 is 1.27 bits per heavy atom. The second-order valence-electron chi connectivity index (χ2n) is 3.30. The maximum absolute atomic E-state index is 8.56. The van der Waals surface area contributed by atoms with Crippen LogP contribution < -0.4 is 0 Å². The standard InChI is InChI=1S/C6H16N.CH2O3/c1-5-6-7(2,3)4;2-1(3)4/h5-6H2,1-4H3;(H2,2,3,4)/q+1;. The van der Waals surface area contributed by atoms with Gasteiger partial charge in [-0.3, -0.25) is 0 Å².